The minimum atomic E-state index is -1.59. The minimum Gasteiger partial charge on any atom is -0.442 e. The second kappa shape index (κ2) is 8.24. The summed E-state index contributed by atoms with van der Waals surface area (Å²) in [5, 5.41) is 11.8. The summed E-state index contributed by atoms with van der Waals surface area (Å²) in [6.45, 7) is 6.83. The lowest BCUT2D eigenvalue weighted by Crippen LogP contribution is -2.16. The normalized spacial score (nSPS) is 12.6. The highest BCUT2D eigenvalue weighted by molar-refractivity contribution is 6.83. The Bertz CT molecular complexity index is 1500. The quantitative estimate of drug-likeness (QED) is 0.182. The monoisotopic (exact) mass is 467 g/mol. The van der Waals surface area contributed by atoms with Gasteiger partial charge in [0, 0.05) is 17.2 Å². The summed E-state index contributed by atoms with van der Waals surface area (Å²) in [6, 6.07) is 12.6. The van der Waals surface area contributed by atoms with Crippen LogP contribution in [0.2, 0.25) is 19.6 Å². The summed E-state index contributed by atoms with van der Waals surface area (Å²) in [4.78, 5) is 24.9. The van der Waals surface area contributed by atoms with Crippen molar-refractivity contribution >= 4 is 19.5 Å². The molecule has 8 nitrogen and oxygen atoms in total. The van der Waals surface area contributed by atoms with E-state index in [1.54, 1.807) is 30.7 Å². The first kappa shape index (κ1) is 21.5. The number of nitrogens with zero attached hydrogens (tertiary/aromatic N) is 5. The van der Waals surface area contributed by atoms with Gasteiger partial charge in [-0.2, -0.15) is 0 Å². The highest BCUT2D eigenvalue weighted by Crippen LogP contribution is 2.33. The number of hydrogen-bond donors (Lipinski definition) is 0. The summed E-state index contributed by atoms with van der Waals surface area (Å²) >= 11 is 0. The van der Waals surface area contributed by atoms with Gasteiger partial charge < -0.3 is 4.42 Å². The van der Waals surface area contributed by atoms with Crippen LogP contribution in [0.3, 0.4) is 0 Å². The maximum atomic E-state index is 11.8. The third kappa shape index (κ3) is 3.95. The molecule has 0 unspecified atom stereocenters. The second-order valence-corrected chi connectivity index (χ2v) is 13.7. The Morgan fingerprint density at radius 2 is 1.97 bits per heavy atom. The number of nitro groups is 1. The number of aliphatic imine (C=N–C) groups is 1. The fourth-order valence-corrected chi connectivity index (χ4v) is 4.37. The van der Waals surface area contributed by atoms with Gasteiger partial charge in [0.1, 0.15) is 20.1 Å². The zero-order valence-electron chi connectivity index (χ0n) is 18.9. The Balaban J connectivity index is 1.75. The van der Waals surface area contributed by atoms with Crippen molar-refractivity contribution in [3.63, 3.8) is 0 Å². The molecule has 1 aliphatic rings. The molecule has 1 aliphatic heterocycles. The number of imidazole rings is 1. The average molecular weight is 468 g/mol. The molecule has 0 fully saturated rings. The number of nitro benzene ring substituents is 1. The van der Waals surface area contributed by atoms with Gasteiger partial charge in [0.15, 0.2) is 12.2 Å². The van der Waals surface area contributed by atoms with Crippen LogP contribution in [0.1, 0.15) is 22.4 Å². The first-order valence-electron chi connectivity index (χ1n) is 10.7. The molecular formula is C25H21N5O3Si. The SMILES string of the molecule is C[Si](C)(C)C#Cc1ccc2c(c1)C(c1ccccc1[N+](=O)[O-])=NCc1c(-c3cnco3)ncn1-2. The predicted octanol–water partition coefficient (Wildman–Crippen LogP) is 5.02. The summed E-state index contributed by atoms with van der Waals surface area (Å²) in [6.07, 6.45) is 4.69. The molecule has 2 aromatic carbocycles. The van der Waals surface area contributed by atoms with E-state index in [4.69, 9.17) is 9.41 Å². The Kier molecular flexibility index (Phi) is 5.22. The fraction of sp³-hybridized carbons (Fsp3) is 0.160. The number of para-hydroxylation sites is 1. The summed E-state index contributed by atoms with van der Waals surface area (Å²) in [5.41, 5.74) is 8.27. The molecule has 34 heavy (non-hydrogen) atoms. The maximum absolute atomic E-state index is 11.8. The first-order chi connectivity index (χ1) is 16.3. The molecule has 0 saturated heterocycles. The molecule has 3 heterocycles. The first-order valence-corrected chi connectivity index (χ1v) is 14.2. The van der Waals surface area contributed by atoms with Crippen LogP contribution in [-0.2, 0) is 6.54 Å². The highest BCUT2D eigenvalue weighted by Gasteiger charge is 2.27. The van der Waals surface area contributed by atoms with Crippen LogP contribution in [-0.4, -0.2) is 33.2 Å². The molecule has 9 heteroatoms. The predicted molar refractivity (Wildman–Crippen MR) is 132 cm³/mol. The standard InChI is InChI=1S/C25H21N5O3Si/c1-34(2,3)11-10-17-8-9-20-19(12-17)24(18-6-4-5-7-21(18)30(31)32)27-13-22-25(28-15-29(20)22)23-14-26-16-33-23/h4-9,12,14-16H,13H2,1-3H3. The van der Waals surface area contributed by atoms with Gasteiger partial charge in [0.2, 0.25) is 0 Å². The summed E-state index contributed by atoms with van der Waals surface area (Å²) < 4.78 is 7.43. The highest BCUT2D eigenvalue weighted by atomic mass is 28.3. The lowest BCUT2D eigenvalue weighted by atomic mass is 9.97. The molecule has 0 N–H and O–H groups in total. The van der Waals surface area contributed by atoms with Gasteiger partial charge in [-0.25, -0.2) is 9.97 Å². The zero-order valence-corrected chi connectivity index (χ0v) is 19.9. The van der Waals surface area contributed by atoms with E-state index in [0.717, 1.165) is 22.5 Å². The lowest BCUT2D eigenvalue weighted by Gasteiger charge is -2.13. The van der Waals surface area contributed by atoms with E-state index in [9.17, 15) is 10.1 Å². The number of aromatic nitrogens is 3. The fourth-order valence-electron chi connectivity index (χ4n) is 3.85. The molecule has 0 atom stereocenters. The van der Waals surface area contributed by atoms with Crippen molar-refractivity contribution in [3.8, 4) is 28.6 Å². The van der Waals surface area contributed by atoms with Crippen molar-refractivity contribution in [3.05, 3.63) is 93.9 Å². The van der Waals surface area contributed by atoms with Crippen molar-refractivity contribution in [1.82, 2.24) is 14.5 Å². The van der Waals surface area contributed by atoms with E-state index in [1.807, 2.05) is 22.8 Å². The molecule has 4 aromatic rings. The smallest absolute Gasteiger partial charge is 0.278 e. The van der Waals surface area contributed by atoms with Crippen LogP contribution in [0, 0.1) is 21.6 Å². The maximum Gasteiger partial charge on any atom is 0.278 e. The van der Waals surface area contributed by atoms with Gasteiger partial charge in [-0.15, -0.1) is 5.54 Å². The third-order valence-electron chi connectivity index (χ3n) is 5.37. The number of rotatable bonds is 3. The number of oxazole rings is 1. The van der Waals surface area contributed by atoms with E-state index < -0.39 is 8.07 Å². The van der Waals surface area contributed by atoms with E-state index in [0.29, 0.717) is 22.7 Å². The number of benzene rings is 2. The van der Waals surface area contributed by atoms with Crippen LogP contribution in [0.4, 0.5) is 5.69 Å². The molecule has 0 aliphatic carbocycles. The van der Waals surface area contributed by atoms with Gasteiger partial charge in [-0.1, -0.05) is 37.7 Å². The summed E-state index contributed by atoms with van der Waals surface area (Å²) in [7, 11) is -1.59. The van der Waals surface area contributed by atoms with E-state index in [-0.39, 0.29) is 17.2 Å². The van der Waals surface area contributed by atoms with Gasteiger partial charge in [-0.3, -0.25) is 19.7 Å². The van der Waals surface area contributed by atoms with Crippen molar-refractivity contribution in [1.29, 1.82) is 0 Å². The lowest BCUT2D eigenvalue weighted by molar-refractivity contribution is -0.385. The van der Waals surface area contributed by atoms with Crippen LogP contribution >= 0.6 is 0 Å². The van der Waals surface area contributed by atoms with Crippen molar-refractivity contribution in [2.45, 2.75) is 26.2 Å². The van der Waals surface area contributed by atoms with Gasteiger partial charge in [0.05, 0.1) is 40.3 Å². The number of fused-ring (bicyclic) bond motifs is 3. The second-order valence-electron chi connectivity index (χ2n) is 8.95. The van der Waals surface area contributed by atoms with Crippen molar-refractivity contribution in [2.24, 2.45) is 4.99 Å². The Morgan fingerprint density at radius 1 is 1.15 bits per heavy atom. The number of hydrogen-bond acceptors (Lipinski definition) is 6. The van der Waals surface area contributed by atoms with Crippen LogP contribution in [0.25, 0.3) is 17.1 Å². The van der Waals surface area contributed by atoms with E-state index in [2.05, 4.69) is 41.1 Å². The third-order valence-corrected chi connectivity index (χ3v) is 6.24. The Labute approximate surface area is 197 Å². The zero-order chi connectivity index (χ0) is 23.9. The molecule has 0 radical (unpaired) electrons. The van der Waals surface area contributed by atoms with Crippen molar-refractivity contribution in [2.75, 3.05) is 0 Å². The molecule has 0 amide bonds. The van der Waals surface area contributed by atoms with E-state index >= 15 is 0 Å². The average Bonchev–Trinajstić information content (AvgIpc) is 3.45. The molecule has 0 saturated carbocycles. The molecule has 2 aromatic heterocycles. The van der Waals surface area contributed by atoms with Crippen LogP contribution < -0.4 is 0 Å². The minimum absolute atomic E-state index is 0.00551. The molecule has 5 rings (SSSR count). The molecular weight excluding hydrogens is 446 g/mol. The molecule has 0 bridgehead atoms. The Hall–Kier alpha value is -4.29. The van der Waals surface area contributed by atoms with Crippen LogP contribution in [0.15, 0.2) is 70.8 Å². The van der Waals surface area contributed by atoms with Crippen LogP contribution in [0.5, 0.6) is 0 Å². The van der Waals surface area contributed by atoms with E-state index in [1.165, 1.54) is 12.5 Å². The van der Waals surface area contributed by atoms with Gasteiger partial charge in [-0.05, 0) is 24.3 Å². The molecule has 168 valence electrons. The van der Waals surface area contributed by atoms with Gasteiger partial charge >= 0.3 is 0 Å². The van der Waals surface area contributed by atoms with Crippen molar-refractivity contribution < 1.29 is 9.34 Å². The topological polar surface area (TPSA) is 99.3 Å². The summed E-state index contributed by atoms with van der Waals surface area (Å²) in [5.74, 6) is 3.83. The largest absolute Gasteiger partial charge is 0.442 e. The Morgan fingerprint density at radius 3 is 2.71 bits per heavy atom. The van der Waals surface area contributed by atoms with Gasteiger partial charge in [0.25, 0.3) is 5.69 Å². The molecule has 0 spiro atoms.